The van der Waals surface area contributed by atoms with E-state index >= 15 is 0 Å². The Bertz CT molecular complexity index is 1660. The van der Waals surface area contributed by atoms with Crippen molar-refractivity contribution in [1.29, 1.82) is 0 Å². The van der Waals surface area contributed by atoms with Crippen molar-refractivity contribution < 1.29 is 53.0 Å². The predicted molar refractivity (Wildman–Crippen MR) is 185 cm³/mol. The number of amides is 2. The molecule has 0 bridgehead atoms. The zero-order valence-electron chi connectivity index (χ0n) is 30.3. The molecule has 2 rings (SSSR count). The largest absolute Gasteiger partial charge is 0.476 e. The summed E-state index contributed by atoms with van der Waals surface area (Å²) in [6.07, 6.45) is -0.784. The highest BCUT2D eigenvalue weighted by molar-refractivity contribution is 7.14. The summed E-state index contributed by atoms with van der Waals surface area (Å²) in [5.74, 6) is -3.99. The fourth-order valence-corrected chi connectivity index (χ4v) is 4.39. The van der Waals surface area contributed by atoms with Gasteiger partial charge in [-0.25, -0.2) is 29.1 Å². The average molecular weight is 741 g/mol. The molecule has 50 heavy (non-hydrogen) atoms. The zero-order valence-corrected chi connectivity index (χ0v) is 31.9. The third kappa shape index (κ3) is 13.3. The van der Waals surface area contributed by atoms with E-state index < -0.39 is 69.3 Å². The molecule has 0 aliphatic rings. The van der Waals surface area contributed by atoms with Gasteiger partial charge in [0.05, 0.1) is 0 Å². The van der Waals surface area contributed by atoms with E-state index in [9.17, 15) is 29.1 Å². The van der Waals surface area contributed by atoms with Gasteiger partial charge >= 0.3 is 24.0 Å². The molecular formula is C31H44N6O11S2. The molecule has 0 saturated carbocycles. The fraction of sp³-hybridized carbons (Fsp3) is 0.581. The number of hydrogen-bond acceptors (Lipinski definition) is 16. The number of esters is 2. The van der Waals surface area contributed by atoms with Gasteiger partial charge in [0.15, 0.2) is 16.0 Å². The van der Waals surface area contributed by atoms with E-state index in [-0.39, 0.29) is 21.7 Å². The smallest absolute Gasteiger partial charge is 0.413 e. The van der Waals surface area contributed by atoms with Gasteiger partial charge < -0.3 is 29.0 Å². The van der Waals surface area contributed by atoms with Gasteiger partial charge in [0.1, 0.15) is 28.2 Å². The molecule has 0 atom stereocenters. The van der Waals surface area contributed by atoms with Crippen LogP contribution in [0.5, 0.6) is 0 Å². The molecule has 3 N–H and O–H groups in total. The van der Waals surface area contributed by atoms with Crippen LogP contribution in [0.25, 0.3) is 0 Å². The summed E-state index contributed by atoms with van der Waals surface area (Å²) in [5, 5.41) is 25.0. The summed E-state index contributed by atoms with van der Waals surface area (Å²) in [4.78, 5) is 82.3. The molecule has 0 aliphatic carbocycles. The Hall–Kier alpha value is -4.65. The fourth-order valence-electron chi connectivity index (χ4n) is 3.02. The van der Waals surface area contributed by atoms with Crippen molar-refractivity contribution in [2.45, 2.75) is 118 Å². The number of nitrogens with one attached hydrogen (secondary N) is 2. The summed E-state index contributed by atoms with van der Waals surface area (Å²) in [5.41, 5.74) is -7.09. The highest BCUT2D eigenvalue weighted by Gasteiger charge is 2.37. The van der Waals surface area contributed by atoms with Crippen molar-refractivity contribution in [3.63, 3.8) is 0 Å². The minimum absolute atomic E-state index is 0.0547. The van der Waals surface area contributed by atoms with Gasteiger partial charge in [-0.2, -0.15) is 0 Å². The highest BCUT2D eigenvalue weighted by Crippen LogP contribution is 2.24. The molecule has 19 heteroatoms. The van der Waals surface area contributed by atoms with Crippen LogP contribution in [-0.2, 0) is 43.1 Å². The van der Waals surface area contributed by atoms with E-state index in [1.165, 1.54) is 38.5 Å². The number of aromatic nitrogens is 2. The van der Waals surface area contributed by atoms with Crippen molar-refractivity contribution in [1.82, 2.24) is 9.97 Å². The predicted octanol–water partition coefficient (Wildman–Crippen LogP) is 5.35. The number of hydrogen-bond donors (Lipinski definition) is 3. The van der Waals surface area contributed by atoms with Gasteiger partial charge in [0.25, 0.3) is 5.91 Å². The number of nitrogens with zero attached hydrogens (tertiary/aromatic N) is 4. The minimum atomic E-state index is -1.65. The quantitative estimate of drug-likeness (QED) is 0.108. The van der Waals surface area contributed by atoms with Crippen LogP contribution in [0.3, 0.4) is 0 Å². The Morgan fingerprint density at radius 2 is 1.00 bits per heavy atom. The highest BCUT2D eigenvalue weighted by atomic mass is 32.1. The van der Waals surface area contributed by atoms with Crippen LogP contribution >= 0.6 is 22.7 Å². The van der Waals surface area contributed by atoms with Crippen LogP contribution in [0, 0.1) is 0 Å². The van der Waals surface area contributed by atoms with Gasteiger partial charge in [-0.1, -0.05) is 10.3 Å². The number of anilines is 2. The lowest BCUT2D eigenvalue weighted by Gasteiger charge is -2.26. The van der Waals surface area contributed by atoms with Crippen molar-refractivity contribution in [3.05, 3.63) is 22.1 Å². The Labute approximate surface area is 297 Å². The van der Waals surface area contributed by atoms with Gasteiger partial charge in [-0.3, -0.25) is 15.4 Å². The number of ether oxygens (including phenoxy) is 3. The number of aliphatic carboxylic acids is 1. The van der Waals surface area contributed by atoms with Crippen LogP contribution in [0.1, 0.15) is 101 Å². The van der Waals surface area contributed by atoms with Crippen molar-refractivity contribution in [2.75, 3.05) is 10.6 Å². The molecule has 0 saturated heterocycles. The normalized spacial score (nSPS) is 13.2. The maximum atomic E-state index is 13.6. The van der Waals surface area contributed by atoms with Gasteiger partial charge in [0.2, 0.25) is 16.9 Å². The molecule has 2 aromatic heterocycles. The molecular weight excluding hydrogens is 697 g/mol. The van der Waals surface area contributed by atoms with Crippen LogP contribution < -0.4 is 10.6 Å². The molecule has 0 fully saturated rings. The summed E-state index contributed by atoms with van der Waals surface area (Å²) < 4.78 is 15.9. The molecule has 276 valence electrons. The van der Waals surface area contributed by atoms with Crippen LogP contribution in [0.15, 0.2) is 21.1 Å². The number of carboxylic acid groups (broad SMARTS) is 1. The summed E-state index contributed by atoms with van der Waals surface area (Å²) >= 11 is 1.80. The van der Waals surface area contributed by atoms with Crippen molar-refractivity contribution in [3.8, 4) is 0 Å². The lowest BCUT2D eigenvalue weighted by atomic mass is 10.1. The Morgan fingerprint density at radius 3 is 1.40 bits per heavy atom. The maximum Gasteiger partial charge on any atom is 0.413 e. The van der Waals surface area contributed by atoms with Crippen LogP contribution in [-0.4, -0.2) is 84.4 Å². The van der Waals surface area contributed by atoms with E-state index in [0.717, 1.165) is 22.7 Å². The average Bonchev–Trinajstić information content (AvgIpc) is 3.55. The first-order valence-electron chi connectivity index (χ1n) is 15.0. The molecule has 0 unspecified atom stereocenters. The van der Waals surface area contributed by atoms with Gasteiger partial charge in [-0.15, -0.1) is 22.7 Å². The van der Waals surface area contributed by atoms with Crippen molar-refractivity contribution in [2.24, 2.45) is 10.3 Å². The third-order valence-electron chi connectivity index (χ3n) is 5.25. The molecule has 0 radical (unpaired) electrons. The molecule has 2 amide bonds. The first-order valence-corrected chi connectivity index (χ1v) is 16.8. The van der Waals surface area contributed by atoms with E-state index in [2.05, 4.69) is 30.9 Å². The number of rotatable bonds is 12. The number of carbonyl (C=O) groups excluding carboxylic acids is 4. The van der Waals surface area contributed by atoms with E-state index in [1.54, 1.807) is 62.3 Å². The van der Waals surface area contributed by atoms with Crippen molar-refractivity contribution >= 4 is 74.3 Å². The van der Waals surface area contributed by atoms with E-state index in [4.69, 9.17) is 23.9 Å². The molecule has 2 aromatic rings. The zero-order chi connectivity index (χ0) is 38.5. The number of oxime groups is 2. The maximum absolute atomic E-state index is 13.6. The first kappa shape index (κ1) is 41.5. The second kappa shape index (κ2) is 15.5. The topological polar surface area (TPSA) is 226 Å². The Balaban J connectivity index is 2.41. The molecule has 0 spiro atoms. The monoisotopic (exact) mass is 740 g/mol. The SMILES string of the molecule is CC(C)(C)OC(=O)Nc1nc(/C(=N/OC(C)(C)C(=O)OC(C)(C)C)C(=O)Nc2nc(/C(=N/OC(C)(C)C(=O)OC(C)(C)C)C(=O)O)cs2)cs1. The Morgan fingerprint density at radius 1 is 0.620 bits per heavy atom. The number of carboxylic acids is 1. The van der Waals surface area contributed by atoms with Gasteiger partial charge in [0, 0.05) is 10.8 Å². The molecule has 2 heterocycles. The lowest BCUT2D eigenvalue weighted by Crippen LogP contribution is -2.40. The Kier molecular flexibility index (Phi) is 12.9. The summed E-state index contributed by atoms with van der Waals surface area (Å²) in [7, 11) is 0. The standard InChI is InChI=1S/C31H44N6O11S2/c1-27(2,3)44-22(41)30(10,11)47-36-18(16-14-50-25(32-16)35-26(43)46-29(7,8)9)20(38)34-24-33-17(15-49-24)19(21(39)40)37-48-31(12,13)23(42)45-28(4,5)6/h14-15H,1-13H3,(H,39,40)(H,32,35,43)(H,33,34,38)/b36-18-,37-19-. The number of carbonyl (C=O) groups is 5. The van der Waals surface area contributed by atoms with Gasteiger partial charge in [-0.05, 0) is 90.0 Å². The second-order valence-electron chi connectivity index (χ2n) is 14.5. The van der Waals surface area contributed by atoms with Crippen LogP contribution in [0.2, 0.25) is 0 Å². The number of thiazole rings is 2. The third-order valence-corrected chi connectivity index (χ3v) is 6.77. The molecule has 17 nitrogen and oxygen atoms in total. The lowest BCUT2D eigenvalue weighted by molar-refractivity contribution is -0.180. The van der Waals surface area contributed by atoms with E-state index in [1.807, 2.05) is 0 Å². The molecule has 0 aliphatic heterocycles. The summed E-state index contributed by atoms with van der Waals surface area (Å²) in [6.45, 7) is 20.6. The van der Waals surface area contributed by atoms with E-state index in [0.29, 0.717) is 0 Å². The first-order chi connectivity index (χ1) is 22.6. The summed E-state index contributed by atoms with van der Waals surface area (Å²) in [6, 6.07) is 0. The molecule has 0 aromatic carbocycles. The minimum Gasteiger partial charge on any atom is -0.476 e. The second-order valence-corrected chi connectivity index (χ2v) is 16.3. The van der Waals surface area contributed by atoms with Crippen LogP contribution in [0.4, 0.5) is 15.1 Å².